The van der Waals surface area contributed by atoms with Gasteiger partial charge in [-0.25, -0.2) is 0 Å². The highest BCUT2D eigenvalue weighted by Crippen LogP contribution is 2.31. The molecule has 0 saturated heterocycles. The van der Waals surface area contributed by atoms with Crippen LogP contribution in [0.5, 0.6) is 5.75 Å². The molecule has 0 N–H and O–H groups in total. The maximum absolute atomic E-state index is 12.6. The third-order valence-electron chi connectivity index (χ3n) is 3.20. The molecule has 0 spiro atoms. The van der Waals surface area contributed by atoms with Crippen molar-refractivity contribution in [3.8, 4) is 11.8 Å². The first-order chi connectivity index (χ1) is 10.1. The van der Waals surface area contributed by atoms with E-state index in [2.05, 4.69) is 0 Å². The van der Waals surface area contributed by atoms with E-state index in [4.69, 9.17) is 16.3 Å². The minimum atomic E-state index is -0.944. The number of methoxy groups -OCH3 is 1. The average Bonchev–Trinajstić information content (AvgIpc) is 2.48. The van der Waals surface area contributed by atoms with E-state index in [1.807, 2.05) is 19.1 Å². The van der Waals surface area contributed by atoms with E-state index in [1.54, 1.807) is 36.4 Å². The Morgan fingerprint density at radius 2 is 2.05 bits per heavy atom. The maximum Gasteiger partial charge on any atom is 0.184 e. The molecule has 0 aliphatic carbocycles. The first-order valence-electron chi connectivity index (χ1n) is 6.40. The summed E-state index contributed by atoms with van der Waals surface area (Å²) < 4.78 is 5.23. The second-order valence-electron chi connectivity index (χ2n) is 4.68. The number of nitriles is 1. The zero-order chi connectivity index (χ0) is 15.4. The standard InChI is InChI=1S/C17H14ClNO2/c1-11-4-3-5-12(8-11)17(20)15(10-19)14-9-13(18)6-7-16(14)21-2/h3-9,15H,1-2H3. The molecule has 3 nitrogen and oxygen atoms in total. The van der Waals surface area contributed by atoms with Crippen LogP contribution in [-0.4, -0.2) is 12.9 Å². The number of ketones is 1. The van der Waals surface area contributed by atoms with Gasteiger partial charge in [-0.15, -0.1) is 0 Å². The number of aryl methyl sites for hydroxylation is 1. The van der Waals surface area contributed by atoms with E-state index < -0.39 is 5.92 Å². The van der Waals surface area contributed by atoms with E-state index in [0.717, 1.165) is 5.56 Å². The largest absolute Gasteiger partial charge is 0.496 e. The van der Waals surface area contributed by atoms with Crippen molar-refractivity contribution in [3.63, 3.8) is 0 Å². The summed E-state index contributed by atoms with van der Waals surface area (Å²) in [5.74, 6) is -0.728. The lowest BCUT2D eigenvalue weighted by Gasteiger charge is -2.13. The van der Waals surface area contributed by atoms with E-state index in [0.29, 0.717) is 21.9 Å². The molecule has 0 aliphatic heterocycles. The van der Waals surface area contributed by atoms with Crippen molar-refractivity contribution in [1.29, 1.82) is 5.26 Å². The van der Waals surface area contributed by atoms with Gasteiger partial charge in [0.25, 0.3) is 0 Å². The van der Waals surface area contributed by atoms with Crippen molar-refractivity contribution >= 4 is 17.4 Å². The Kier molecular flexibility index (Phi) is 4.62. The summed E-state index contributed by atoms with van der Waals surface area (Å²) in [6.07, 6.45) is 0. The number of hydrogen-bond acceptors (Lipinski definition) is 3. The molecular formula is C17H14ClNO2. The number of rotatable bonds is 4. The molecule has 0 heterocycles. The number of carbonyl (C=O) groups excluding carboxylic acids is 1. The number of Topliss-reactive ketones (excluding diaryl/α,β-unsaturated/α-hetero) is 1. The number of halogens is 1. The number of hydrogen-bond donors (Lipinski definition) is 0. The number of nitrogens with zero attached hydrogens (tertiary/aromatic N) is 1. The average molecular weight is 300 g/mol. The summed E-state index contributed by atoms with van der Waals surface area (Å²) in [5, 5.41) is 9.88. The van der Waals surface area contributed by atoms with E-state index in [-0.39, 0.29) is 5.78 Å². The molecule has 2 aromatic rings. The van der Waals surface area contributed by atoms with Crippen molar-refractivity contribution in [2.24, 2.45) is 0 Å². The Labute approximate surface area is 128 Å². The van der Waals surface area contributed by atoms with Gasteiger partial charge in [0.15, 0.2) is 5.78 Å². The van der Waals surface area contributed by atoms with Crippen LogP contribution in [0.2, 0.25) is 5.02 Å². The normalized spacial score (nSPS) is 11.5. The monoisotopic (exact) mass is 299 g/mol. The van der Waals surface area contributed by atoms with Crippen molar-refractivity contribution in [1.82, 2.24) is 0 Å². The quantitative estimate of drug-likeness (QED) is 0.797. The lowest BCUT2D eigenvalue weighted by molar-refractivity contribution is 0.0977. The van der Waals surface area contributed by atoms with Crippen molar-refractivity contribution in [2.75, 3.05) is 7.11 Å². The predicted molar refractivity (Wildman–Crippen MR) is 81.9 cm³/mol. The van der Waals surface area contributed by atoms with Crippen molar-refractivity contribution < 1.29 is 9.53 Å². The number of ether oxygens (including phenoxy) is 1. The number of benzene rings is 2. The zero-order valence-corrected chi connectivity index (χ0v) is 12.5. The van der Waals surface area contributed by atoms with Crippen LogP contribution < -0.4 is 4.74 Å². The van der Waals surface area contributed by atoms with Crippen molar-refractivity contribution in [2.45, 2.75) is 12.8 Å². The lowest BCUT2D eigenvalue weighted by atomic mass is 9.90. The van der Waals surface area contributed by atoms with Gasteiger partial charge >= 0.3 is 0 Å². The molecule has 2 aromatic carbocycles. The van der Waals surface area contributed by atoms with Gasteiger partial charge in [-0.2, -0.15) is 5.26 Å². The lowest BCUT2D eigenvalue weighted by Crippen LogP contribution is -2.12. The summed E-state index contributed by atoms with van der Waals surface area (Å²) in [6.45, 7) is 1.90. The van der Waals surface area contributed by atoms with Crippen LogP contribution >= 0.6 is 11.6 Å². The highest BCUT2D eigenvalue weighted by Gasteiger charge is 2.25. The van der Waals surface area contributed by atoms with Crippen LogP contribution in [0.25, 0.3) is 0 Å². The van der Waals surface area contributed by atoms with Gasteiger partial charge in [0.2, 0.25) is 0 Å². The minimum absolute atomic E-state index is 0.262. The molecule has 0 bridgehead atoms. The maximum atomic E-state index is 12.6. The first-order valence-corrected chi connectivity index (χ1v) is 6.78. The van der Waals surface area contributed by atoms with E-state index >= 15 is 0 Å². The molecule has 106 valence electrons. The van der Waals surface area contributed by atoms with E-state index in [1.165, 1.54) is 7.11 Å². The molecule has 1 unspecified atom stereocenters. The highest BCUT2D eigenvalue weighted by molar-refractivity contribution is 6.30. The van der Waals surface area contributed by atoms with Crippen LogP contribution in [0, 0.1) is 18.3 Å². The summed E-state index contributed by atoms with van der Waals surface area (Å²) in [5.41, 5.74) is 1.96. The predicted octanol–water partition coefficient (Wildman–Crippen LogP) is 4.15. The van der Waals surface area contributed by atoms with Crippen LogP contribution in [0.3, 0.4) is 0 Å². The fourth-order valence-corrected chi connectivity index (χ4v) is 2.35. The molecule has 0 amide bonds. The van der Waals surface area contributed by atoms with Crippen LogP contribution in [0.15, 0.2) is 42.5 Å². The van der Waals surface area contributed by atoms with Crippen LogP contribution in [0.4, 0.5) is 0 Å². The van der Waals surface area contributed by atoms with Gasteiger partial charge in [0.05, 0.1) is 13.2 Å². The SMILES string of the molecule is COc1ccc(Cl)cc1C(C#N)C(=O)c1cccc(C)c1. The summed E-state index contributed by atoms with van der Waals surface area (Å²) >= 11 is 5.97. The second-order valence-corrected chi connectivity index (χ2v) is 5.12. The van der Waals surface area contributed by atoms with Gasteiger partial charge in [-0.05, 0) is 31.2 Å². The Morgan fingerprint density at radius 1 is 1.29 bits per heavy atom. The Morgan fingerprint density at radius 3 is 2.67 bits per heavy atom. The zero-order valence-electron chi connectivity index (χ0n) is 11.8. The molecule has 0 radical (unpaired) electrons. The molecule has 21 heavy (non-hydrogen) atoms. The number of carbonyl (C=O) groups is 1. The Bertz CT molecular complexity index is 719. The highest BCUT2D eigenvalue weighted by atomic mass is 35.5. The van der Waals surface area contributed by atoms with Gasteiger partial charge < -0.3 is 4.74 Å². The van der Waals surface area contributed by atoms with E-state index in [9.17, 15) is 10.1 Å². The fraction of sp³-hybridized carbons (Fsp3) is 0.176. The molecule has 2 rings (SSSR count). The fourth-order valence-electron chi connectivity index (χ4n) is 2.17. The Balaban J connectivity index is 2.48. The molecule has 0 aliphatic rings. The third kappa shape index (κ3) is 3.24. The van der Waals surface area contributed by atoms with Gasteiger partial charge in [0.1, 0.15) is 11.7 Å². The van der Waals surface area contributed by atoms with Crippen LogP contribution in [-0.2, 0) is 0 Å². The molecule has 0 aromatic heterocycles. The minimum Gasteiger partial charge on any atom is -0.496 e. The summed E-state index contributed by atoms with van der Waals surface area (Å²) in [7, 11) is 1.50. The Hall–Kier alpha value is -2.31. The molecule has 4 heteroatoms. The molecule has 0 saturated carbocycles. The summed E-state index contributed by atoms with van der Waals surface area (Å²) in [4.78, 5) is 12.6. The van der Waals surface area contributed by atoms with Gasteiger partial charge in [0, 0.05) is 16.1 Å². The molecule has 1 atom stereocenters. The van der Waals surface area contributed by atoms with Crippen LogP contribution in [0.1, 0.15) is 27.4 Å². The first kappa shape index (κ1) is 15.1. The van der Waals surface area contributed by atoms with Crippen molar-refractivity contribution in [3.05, 3.63) is 64.2 Å². The summed E-state index contributed by atoms with van der Waals surface area (Å²) in [6, 6.07) is 14.1. The molecular weight excluding hydrogens is 286 g/mol. The topological polar surface area (TPSA) is 50.1 Å². The third-order valence-corrected chi connectivity index (χ3v) is 3.43. The smallest absolute Gasteiger partial charge is 0.184 e. The van der Waals surface area contributed by atoms with Gasteiger partial charge in [-0.3, -0.25) is 4.79 Å². The van der Waals surface area contributed by atoms with Gasteiger partial charge in [-0.1, -0.05) is 35.4 Å². The second kappa shape index (κ2) is 6.43. The molecule has 0 fully saturated rings.